The predicted octanol–water partition coefficient (Wildman–Crippen LogP) is 1.99. The number of para-hydroxylation sites is 1. The van der Waals surface area contributed by atoms with Gasteiger partial charge < -0.3 is 20.5 Å². The van der Waals surface area contributed by atoms with Crippen LogP contribution in [0.4, 0.5) is 5.69 Å². The second kappa shape index (κ2) is 6.75. The van der Waals surface area contributed by atoms with Gasteiger partial charge in [-0.15, -0.1) is 0 Å². The third kappa shape index (κ3) is 3.23. The first-order valence-corrected chi connectivity index (χ1v) is 8.70. The molecule has 2 aromatic rings. The van der Waals surface area contributed by atoms with Gasteiger partial charge in [-0.1, -0.05) is 24.3 Å². The van der Waals surface area contributed by atoms with Crippen LogP contribution in [0.1, 0.15) is 35.1 Å². The van der Waals surface area contributed by atoms with Gasteiger partial charge in [-0.2, -0.15) is 0 Å². The Balaban J connectivity index is 1.60. The van der Waals surface area contributed by atoms with E-state index in [1.165, 1.54) is 0 Å². The lowest BCUT2D eigenvalue weighted by molar-refractivity contribution is -0.142. The van der Waals surface area contributed by atoms with Gasteiger partial charge in [0.1, 0.15) is 5.75 Å². The summed E-state index contributed by atoms with van der Waals surface area (Å²) in [6, 6.07) is 11.0. The molecule has 2 aliphatic rings. The molecule has 27 heavy (non-hydrogen) atoms. The monoisotopic (exact) mass is 366 g/mol. The van der Waals surface area contributed by atoms with E-state index in [1.807, 2.05) is 0 Å². The zero-order valence-corrected chi connectivity index (χ0v) is 14.4. The lowest BCUT2D eigenvalue weighted by Crippen LogP contribution is -2.39. The van der Waals surface area contributed by atoms with Gasteiger partial charge in [0.2, 0.25) is 11.8 Å². The summed E-state index contributed by atoms with van der Waals surface area (Å²) < 4.78 is 5.44. The average molecular weight is 366 g/mol. The number of ether oxygens (including phenoxy) is 1. The molecule has 2 atom stereocenters. The van der Waals surface area contributed by atoms with Crippen molar-refractivity contribution in [2.45, 2.75) is 24.8 Å². The summed E-state index contributed by atoms with van der Waals surface area (Å²) in [5, 5.41) is 15.0. The minimum atomic E-state index is -1.19. The van der Waals surface area contributed by atoms with Crippen LogP contribution in [-0.4, -0.2) is 29.5 Å². The lowest BCUT2D eigenvalue weighted by atomic mass is 9.89. The van der Waals surface area contributed by atoms with Crippen molar-refractivity contribution in [2.75, 3.05) is 11.9 Å². The fraction of sp³-hybridized carbons (Fsp3) is 0.250. The fourth-order valence-electron chi connectivity index (χ4n) is 3.56. The van der Waals surface area contributed by atoms with Gasteiger partial charge in [-0.05, 0) is 34.9 Å². The molecule has 0 fully saturated rings. The normalized spacial score (nSPS) is 18.5. The smallest absolute Gasteiger partial charge is 0.330 e. The molecule has 138 valence electrons. The number of carbonyl (C=O) groups is 3. The summed E-state index contributed by atoms with van der Waals surface area (Å²) in [6.07, 6.45) is 0.687. The molecular formula is C20H18N2O5. The Labute approximate surface area is 155 Å². The van der Waals surface area contributed by atoms with Crippen LogP contribution in [0.25, 0.3) is 0 Å². The highest BCUT2D eigenvalue weighted by Gasteiger charge is 2.33. The van der Waals surface area contributed by atoms with Crippen LogP contribution in [0.5, 0.6) is 5.75 Å². The van der Waals surface area contributed by atoms with E-state index in [0.717, 1.165) is 11.3 Å². The maximum Gasteiger partial charge on any atom is 0.330 e. The molecule has 4 rings (SSSR count). The molecule has 2 heterocycles. The fourth-order valence-corrected chi connectivity index (χ4v) is 3.56. The third-order valence-corrected chi connectivity index (χ3v) is 4.90. The second-order valence-electron chi connectivity index (χ2n) is 6.64. The zero-order valence-electron chi connectivity index (χ0n) is 14.4. The molecule has 3 N–H and O–H groups in total. The Kier molecular flexibility index (Phi) is 4.27. The van der Waals surface area contributed by atoms with E-state index >= 15 is 0 Å². The first-order chi connectivity index (χ1) is 13.0. The number of hydrogen-bond donors (Lipinski definition) is 3. The Morgan fingerprint density at radius 3 is 2.85 bits per heavy atom. The van der Waals surface area contributed by atoms with Gasteiger partial charge in [0.25, 0.3) is 0 Å². The van der Waals surface area contributed by atoms with E-state index in [1.54, 1.807) is 42.5 Å². The third-order valence-electron chi connectivity index (χ3n) is 4.90. The van der Waals surface area contributed by atoms with Crippen molar-refractivity contribution in [3.8, 4) is 5.75 Å². The molecule has 0 spiro atoms. The Morgan fingerprint density at radius 2 is 2.04 bits per heavy atom. The van der Waals surface area contributed by atoms with E-state index in [4.69, 9.17) is 4.74 Å². The first-order valence-electron chi connectivity index (χ1n) is 8.70. The van der Waals surface area contributed by atoms with Gasteiger partial charge in [-0.25, -0.2) is 4.79 Å². The molecule has 0 aromatic heterocycles. The number of benzene rings is 2. The molecule has 0 bridgehead atoms. The maximum absolute atomic E-state index is 12.8. The van der Waals surface area contributed by atoms with Crippen molar-refractivity contribution in [3.63, 3.8) is 0 Å². The standard InChI is InChI=1S/C20H18N2O5/c23-17-10-14(13-3-1-2-4-15(13)21-17)19(24)22-18(20(25)26)12-5-6-16-11(9-12)7-8-27-16/h1-6,9,14,18H,7-8,10H2,(H,21,23)(H,22,24)(H,25,26). The summed E-state index contributed by atoms with van der Waals surface area (Å²) in [7, 11) is 0. The number of hydrogen-bond acceptors (Lipinski definition) is 4. The van der Waals surface area contributed by atoms with Crippen molar-refractivity contribution >= 4 is 23.5 Å². The minimum Gasteiger partial charge on any atom is -0.493 e. The molecule has 0 radical (unpaired) electrons. The van der Waals surface area contributed by atoms with Crippen molar-refractivity contribution in [1.29, 1.82) is 0 Å². The van der Waals surface area contributed by atoms with Crippen LogP contribution in [-0.2, 0) is 20.8 Å². The van der Waals surface area contributed by atoms with E-state index in [2.05, 4.69) is 10.6 Å². The lowest BCUT2D eigenvalue weighted by Gasteiger charge is -2.26. The number of rotatable bonds is 4. The van der Waals surface area contributed by atoms with Crippen LogP contribution in [0.2, 0.25) is 0 Å². The van der Waals surface area contributed by atoms with E-state index in [0.29, 0.717) is 29.8 Å². The van der Waals surface area contributed by atoms with Crippen LogP contribution < -0.4 is 15.4 Å². The Morgan fingerprint density at radius 1 is 1.22 bits per heavy atom. The molecule has 7 nitrogen and oxygen atoms in total. The highest BCUT2D eigenvalue weighted by molar-refractivity contribution is 6.01. The first kappa shape index (κ1) is 17.1. The summed E-state index contributed by atoms with van der Waals surface area (Å²) in [6.45, 7) is 0.566. The highest BCUT2D eigenvalue weighted by Crippen LogP contribution is 2.33. The number of nitrogens with one attached hydrogen (secondary N) is 2. The van der Waals surface area contributed by atoms with Gasteiger partial charge in [0.05, 0.1) is 12.5 Å². The van der Waals surface area contributed by atoms with Gasteiger partial charge >= 0.3 is 5.97 Å². The summed E-state index contributed by atoms with van der Waals surface area (Å²) in [5.41, 5.74) is 2.67. The molecule has 2 amide bonds. The largest absolute Gasteiger partial charge is 0.493 e. The quantitative estimate of drug-likeness (QED) is 0.768. The van der Waals surface area contributed by atoms with Crippen molar-refractivity contribution in [3.05, 3.63) is 59.2 Å². The van der Waals surface area contributed by atoms with Gasteiger partial charge in [0.15, 0.2) is 6.04 Å². The number of amides is 2. The number of fused-ring (bicyclic) bond motifs is 2. The highest BCUT2D eigenvalue weighted by atomic mass is 16.5. The number of carboxylic acid groups (broad SMARTS) is 1. The summed E-state index contributed by atoms with van der Waals surface area (Å²) in [4.78, 5) is 36.6. The van der Waals surface area contributed by atoms with Crippen LogP contribution in [0.3, 0.4) is 0 Å². The number of anilines is 1. The van der Waals surface area contributed by atoms with E-state index in [-0.39, 0.29) is 12.3 Å². The molecule has 0 saturated carbocycles. The Bertz CT molecular complexity index is 940. The maximum atomic E-state index is 12.8. The molecule has 2 aromatic carbocycles. The molecule has 2 unspecified atom stereocenters. The number of carbonyl (C=O) groups excluding carboxylic acids is 2. The van der Waals surface area contributed by atoms with Crippen LogP contribution >= 0.6 is 0 Å². The molecule has 7 heteroatoms. The summed E-state index contributed by atoms with van der Waals surface area (Å²) >= 11 is 0. The number of carboxylic acids is 1. The number of aliphatic carboxylic acids is 1. The van der Waals surface area contributed by atoms with Crippen molar-refractivity contribution in [2.24, 2.45) is 0 Å². The summed E-state index contributed by atoms with van der Waals surface area (Å²) in [5.74, 6) is -1.89. The molecule has 0 saturated heterocycles. The molecular weight excluding hydrogens is 348 g/mol. The van der Waals surface area contributed by atoms with Crippen molar-refractivity contribution < 1.29 is 24.2 Å². The molecule has 0 aliphatic carbocycles. The second-order valence-corrected chi connectivity index (χ2v) is 6.64. The van der Waals surface area contributed by atoms with Gasteiger partial charge in [-0.3, -0.25) is 9.59 Å². The SMILES string of the molecule is O=C1CC(C(=O)NC(C(=O)O)c2ccc3c(c2)CCO3)c2ccccc2N1. The Hall–Kier alpha value is -3.35. The minimum absolute atomic E-state index is 0.0206. The zero-order chi connectivity index (χ0) is 19.0. The van der Waals surface area contributed by atoms with E-state index in [9.17, 15) is 19.5 Å². The topological polar surface area (TPSA) is 105 Å². The van der Waals surface area contributed by atoms with Crippen molar-refractivity contribution in [1.82, 2.24) is 5.32 Å². The van der Waals surface area contributed by atoms with Crippen LogP contribution in [0, 0.1) is 0 Å². The average Bonchev–Trinajstić information content (AvgIpc) is 3.12. The van der Waals surface area contributed by atoms with E-state index < -0.39 is 23.8 Å². The molecule has 2 aliphatic heterocycles. The van der Waals surface area contributed by atoms with Gasteiger partial charge in [0, 0.05) is 18.5 Å². The van der Waals surface area contributed by atoms with Crippen LogP contribution in [0.15, 0.2) is 42.5 Å². The predicted molar refractivity (Wildman–Crippen MR) is 96.6 cm³/mol.